The van der Waals surface area contributed by atoms with Gasteiger partial charge in [-0.15, -0.1) is 0 Å². The summed E-state index contributed by atoms with van der Waals surface area (Å²) >= 11 is 0. The molecule has 1 atom stereocenters. The molecule has 3 aromatic rings. The third-order valence-electron chi connectivity index (χ3n) is 4.38. The molecule has 1 aliphatic heterocycles. The van der Waals surface area contributed by atoms with Crippen molar-refractivity contribution in [2.75, 3.05) is 0 Å². The van der Waals surface area contributed by atoms with Gasteiger partial charge in [0.05, 0.1) is 23.1 Å². The molecule has 122 valence electrons. The van der Waals surface area contributed by atoms with Gasteiger partial charge in [-0.1, -0.05) is 12.1 Å². The molecule has 2 aromatic heterocycles. The van der Waals surface area contributed by atoms with Gasteiger partial charge in [0.15, 0.2) is 11.5 Å². The molecule has 1 unspecified atom stereocenters. The van der Waals surface area contributed by atoms with Gasteiger partial charge < -0.3 is 5.11 Å². The highest BCUT2D eigenvalue weighted by atomic mass is 19.1. The summed E-state index contributed by atoms with van der Waals surface area (Å²) in [6.07, 6.45) is 2.13. The van der Waals surface area contributed by atoms with Crippen molar-refractivity contribution < 1.29 is 13.9 Å². The molecule has 3 heterocycles. The van der Waals surface area contributed by atoms with Crippen LogP contribution in [0.25, 0.3) is 5.65 Å². The molecule has 0 spiro atoms. The molecule has 0 amide bonds. The van der Waals surface area contributed by atoms with Gasteiger partial charge in [0.1, 0.15) is 11.9 Å². The average molecular weight is 327 g/mol. The topological polar surface area (TPSA) is 49.9 Å². The Balaban J connectivity index is 2.04. The number of aliphatic hydroxyl groups is 1. The Bertz CT molecular complexity index is 991. The van der Waals surface area contributed by atoms with Crippen molar-refractivity contribution in [3.05, 3.63) is 71.2 Å². The molecular formula is C18H15F2N3O. The molecule has 0 saturated carbocycles. The number of imidazole rings is 1. The minimum absolute atomic E-state index is 0.178. The average Bonchev–Trinajstić information content (AvgIpc) is 2.96. The Hall–Kier alpha value is -2.60. The summed E-state index contributed by atoms with van der Waals surface area (Å²) in [6, 6.07) is 7.49. The molecule has 0 fully saturated rings. The van der Waals surface area contributed by atoms with E-state index < -0.39 is 23.3 Å². The van der Waals surface area contributed by atoms with E-state index in [1.807, 2.05) is 0 Å². The maximum atomic E-state index is 14.4. The number of rotatable bonds is 1. The van der Waals surface area contributed by atoms with Crippen molar-refractivity contribution in [3.8, 4) is 0 Å². The van der Waals surface area contributed by atoms with Crippen LogP contribution in [0.3, 0.4) is 0 Å². The zero-order valence-corrected chi connectivity index (χ0v) is 13.2. The number of aliphatic imine (C=N–C) groups is 1. The zero-order valence-electron chi connectivity index (χ0n) is 13.2. The molecule has 4 rings (SSSR count). The van der Waals surface area contributed by atoms with Gasteiger partial charge in [0.2, 0.25) is 0 Å². The van der Waals surface area contributed by atoms with Crippen LogP contribution < -0.4 is 0 Å². The van der Waals surface area contributed by atoms with Gasteiger partial charge in [-0.2, -0.15) is 0 Å². The van der Waals surface area contributed by atoms with E-state index in [1.54, 1.807) is 42.6 Å². The fourth-order valence-corrected chi connectivity index (χ4v) is 3.13. The summed E-state index contributed by atoms with van der Waals surface area (Å²) in [5.74, 6) is -0.931. The molecule has 24 heavy (non-hydrogen) atoms. The van der Waals surface area contributed by atoms with E-state index in [1.165, 1.54) is 18.3 Å². The number of pyridine rings is 1. The lowest BCUT2D eigenvalue weighted by molar-refractivity contribution is 0.0995. The third kappa shape index (κ3) is 1.99. The highest BCUT2D eigenvalue weighted by Crippen LogP contribution is 2.38. The zero-order chi connectivity index (χ0) is 17.1. The predicted molar refractivity (Wildman–Crippen MR) is 86.2 cm³/mol. The first-order chi connectivity index (χ1) is 11.4. The fourth-order valence-electron chi connectivity index (χ4n) is 3.13. The molecule has 6 heteroatoms. The molecule has 4 nitrogen and oxygen atoms in total. The van der Waals surface area contributed by atoms with Crippen molar-refractivity contribution in [3.63, 3.8) is 0 Å². The summed E-state index contributed by atoms with van der Waals surface area (Å²) in [5, 5.41) is 10.5. The number of benzene rings is 1. The van der Waals surface area contributed by atoms with Crippen LogP contribution in [0.2, 0.25) is 0 Å². The van der Waals surface area contributed by atoms with Crippen molar-refractivity contribution in [1.82, 2.24) is 9.38 Å². The summed E-state index contributed by atoms with van der Waals surface area (Å²) in [5.41, 5.74) is 1.00. The maximum absolute atomic E-state index is 14.4. The van der Waals surface area contributed by atoms with Crippen LogP contribution >= 0.6 is 0 Å². The number of aromatic nitrogens is 2. The van der Waals surface area contributed by atoms with E-state index in [-0.39, 0.29) is 11.2 Å². The maximum Gasteiger partial charge on any atom is 0.173 e. The van der Waals surface area contributed by atoms with Gasteiger partial charge in [-0.25, -0.2) is 13.8 Å². The van der Waals surface area contributed by atoms with Crippen LogP contribution in [-0.4, -0.2) is 25.7 Å². The van der Waals surface area contributed by atoms with E-state index in [4.69, 9.17) is 0 Å². The van der Waals surface area contributed by atoms with Gasteiger partial charge in [0, 0.05) is 17.3 Å². The Labute approximate surface area is 137 Å². The van der Waals surface area contributed by atoms with E-state index in [0.29, 0.717) is 17.0 Å². The number of hydrogen-bond donors (Lipinski definition) is 1. The van der Waals surface area contributed by atoms with Crippen LogP contribution in [0.15, 0.2) is 47.7 Å². The standard InChI is InChI=1S/C18H15F2N3O/c1-18(2)16(24)14-10(5-3-6-11(14)19)15(22-18)13-9-21-17-12(20)7-4-8-23(13)17/h3-9,16,24H,1-2H3. The second-order valence-electron chi connectivity index (χ2n) is 6.41. The first-order valence-corrected chi connectivity index (χ1v) is 7.59. The van der Waals surface area contributed by atoms with Crippen LogP contribution in [0.1, 0.15) is 36.8 Å². The number of hydrogen-bond acceptors (Lipinski definition) is 3. The van der Waals surface area contributed by atoms with Crippen LogP contribution in [0.5, 0.6) is 0 Å². The fraction of sp³-hybridized carbons (Fsp3) is 0.222. The van der Waals surface area contributed by atoms with Crippen molar-refractivity contribution in [2.24, 2.45) is 4.99 Å². The van der Waals surface area contributed by atoms with E-state index in [9.17, 15) is 13.9 Å². The lowest BCUT2D eigenvalue weighted by Crippen LogP contribution is -2.35. The van der Waals surface area contributed by atoms with E-state index in [0.717, 1.165) is 0 Å². The van der Waals surface area contributed by atoms with Crippen LogP contribution in [0, 0.1) is 11.6 Å². The summed E-state index contributed by atoms with van der Waals surface area (Å²) < 4.78 is 29.9. The van der Waals surface area contributed by atoms with Crippen molar-refractivity contribution in [1.29, 1.82) is 0 Å². The Morgan fingerprint density at radius 2 is 1.88 bits per heavy atom. The number of fused-ring (bicyclic) bond motifs is 2. The first kappa shape index (κ1) is 15.0. The van der Waals surface area contributed by atoms with Gasteiger partial charge in [-0.3, -0.25) is 9.39 Å². The molecule has 1 N–H and O–H groups in total. The molecule has 1 aliphatic rings. The molecule has 0 radical (unpaired) electrons. The molecule has 0 bridgehead atoms. The van der Waals surface area contributed by atoms with E-state index >= 15 is 0 Å². The van der Waals surface area contributed by atoms with Crippen molar-refractivity contribution >= 4 is 11.4 Å². The SMILES string of the molecule is CC1(C)N=C(c2cnc3c(F)cccn23)c2cccc(F)c2C1O. The quantitative estimate of drug-likeness (QED) is 0.746. The normalized spacial score (nSPS) is 19.2. The summed E-state index contributed by atoms with van der Waals surface area (Å²) in [6.45, 7) is 3.47. The second kappa shape index (κ2) is 4.95. The van der Waals surface area contributed by atoms with Crippen LogP contribution in [-0.2, 0) is 0 Å². The summed E-state index contributed by atoms with van der Waals surface area (Å²) in [4.78, 5) is 8.72. The predicted octanol–water partition coefficient (Wildman–Crippen LogP) is 3.28. The molecular weight excluding hydrogens is 312 g/mol. The Morgan fingerprint density at radius 3 is 2.67 bits per heavy atom. The third-order valence-corrected chi connectivity index (χ3v) is 4.38. The highest BCUT2D eigenvalue weighted by molar-refractivity contribution is 6.14. The first-order valence-electron chi connectivity index (χ1n) is 7.59. The molecule has 0 saturated heterocycles. The smallest absolute Gasteiger partial charge is 0.173 e. The summed E-state index contributed by atoms with van der Waals surface area (Å²) in [7, 11) is 0. The Morgan fingerprint density at radius 1 is 1.12 bits per heavy atom. The van der Waals surface area contributed by atoms with Crippen LogP contribution in [0.4, 0.5) is 8.78 Å². The minimum Gasteiger partial charge on any atom is -0.386 e. The lowest BCUT2D eigenvalue weighted by atomic mass is 9.83. The number of nitrogens with zero attached hydrogens (tertiary/aromatic N) is 3. The number of halogens is 2. The monoisotopic (exact) mass is 327 g/mol. The molecule has 0 aliphatic carbocycles. The largest absolute Gasteiger partial charge is 0.386 e. The van der Waals surface area contributed by atoms with Crippen molar-refractivity contribution in [2.45, 2.75) is 25.5 Å². The van der Waals surface area contributed by atoms with Gasteiger partial charge >= 0.3 is 0 Å². The van der Waals surface area contributed by atoms with Gasteiger partial charge in [-0.05, 0) is 32.0 Å². The second-order valence-corrected chi connectivity index (χ2v) is 6.41. The lowest BCUT2D eigenvalue weighted by Gasteiger charge is -2.34. The molecule has 1 aromatic carbocycles. The number of aliphatic hydroxyl groups excluding tert-OH is 1. The van der Waals surface area contributed by atoms with Gasteiger partial charge in [0.25, 0.3) is 0 Å². The minimum atomic E-state index is -1.06. The highest BCUT2D eigenvalue weighted by Gasteiger charge is 2.38. The van der Waals surface area contributed by atoms with E-state index in [2.05, 4.69) is 9.98 Å². The Kier molecular flexibility index (Phi) is 3.08.